The van der Waals surface area contributed by atoms with Gasteiger partial charge in [-0.1, -0.05) is 0 Å². The molecule has 2 aromatic rings. The fraction of sp³-hybridized carbons (Fsp3) is 0.100. The van der Waals surface area contributed by atoms with Crippen LogP contribution < -0.4 is 5.32 Å². The van der Waals surface area contributed by atoms with Gasteiger partial charge in [0.15, 0.2) is 0 Å². The van der Waals surface area contributed by atoms with Crippen molar-refractivity contribution >= 4 is 6.03 Å². The third kappa shape index (κ3) is 2.40. The minimum atomic E-state index is -0.190. The SMILES string of the molecule is O=C(NCc1ccncc1)n1ccnc1. The second kappa shape index (κ2) is 4.36. The molecule has 0 bridgehead atoms. The van der Waals surface area contributed by atoms with Crippen LogP contribution in [0, 0.1) is 0 Å². The molecule has 2 aromatic heterocycles. The smallest absolute Gasteiger partial charge is 0.327 e. The molecular formula is C10H10N4O. The summed E-state index contributed by atoms with van der Waals surface area (Å²) >= 11 is 0. The highest BCUT2D eigenvalue weighted by atomic mass is 16.2. The highest BCUT2D eigenvalue weighted by Crippen LogP contribution is 1.95. The van der Waals surface area contributed by atoms with Crippen molar-refractivity contribution in [2.45, 2.75) is 6.54 Å². The minimum absolute atomic E-state index is 0.190. The van der Waals surface area contributed by atoms with Crippen molar-refractivity contribution in [1.82, 2.24) is 19.9 Å². The third-order valence-electron chi connectivity index (χ3n) is 1.93. The fourth-order valence-electron chi connectivity index (χ4n) is 1.15. The van der Waals surface area contributed by atoms with Crippen LogP contribution in [-0.2, 0) is 6.54 Å². The summed E-state index contributed by atoms with van der Waals surface area (Å²) in [5.41, 5.74) is 1.01. The molecule has 0 aliphatic rings. The van der Waals surface area contributed by atoms with Crippen molar-refractivity contribution < 1.29 is 4.79 Å². The number of imidazole rings is 1. The number of pyridine rings is 1. The Kier molecular flexibility index (Phi) is 2.73. The lowest BCUT2D eigenvalue weighted by atomic mass is 10.3. The molecule has 5 nitrogen and oxygen atoms in total. The minimum Gasteiger partial charge on any atom is -0.333 e. The van der Waals surface area contributed by atoms with Crippen molar-refractivity contribution in [2.75, 3.05) is 0 Å². The van der Waals surface area contributed by atoms with Crippen LogP contribution in [0.3, 0.4) is 0 Å². The largest absolute Gasteiger partial charge is 0.333 e. The van der Waals surface area contributed by atoms with Crippen LogP contribution in [0.25, 0.3) is 0 Å². The van der Waals surface area contributed by atoms with Crippen LogP contribution in [0.15, 0.2) is 43.2 Å². The van der Waals surface area contributed by atoms with Gasteiger partial charge in [-0.3, -0.25) is 9.55 Å². The summed E-state index contributed by atoms with van der Waals surface area (Å²) < 4.78 is 1.39. The molecule has 2 heterocycles. The van der Waals surface area contributed by atoms with Crippen molar-refractivity contribution in [3.8, 4) is 0 Å². The Morgan fingerprint density at radius 2 is 2.07 bits per heavy atom. The summed E-state index contributed by atoms with van der Waals surface area (Å²) in [4.78, 5) is 19.2. The first-order valence-electron chi connectivity index (χ1n) is 4.51. The molecule has 0 saturated heterocycles. The molecule has 0 radical (unpaired) electrons. The second-order valence-electron chi connectivity index (χ2n) is 2.98. The molecule has 0 aliphatic carbocycles. The summed E-state index contributed by atoms with van der Waals surface area (Å²) in [6.45, 7) is 0.486. The van der Waals surface area contributed by atoms with Gasteiger partial charge < -0.3 is 5.32 Å². The van der Waals surface area contributed by atoms with Gasteiger partial charge in [0.25, 0.3) is 0 Å². The molecule has 1 N–H and O–H groups in total. The van der Waals surface area contributed by atoms with E-state index in [0.717, 1.165) is 5.56 Å². The first-order chi connectivity index (χ1) is 7.36. The number of nitrogens with one attached hydrogen (secondary N) is 1. The van der Waals surface area contributed by atoms with Crippen molar-refractivity contribution in [1.29, 1.82) is 0 Å². The number of hydrogen-bond donors (Lipinski definition) is 1. The molecule has 0 saturated carbocycles. The average Bonchev–Trinajstić information content (AvgIpc) is 2.81. The monoisotopic (exact) mass is 202 g/mol. The zero-order valence-corrected chi connectivity index (χ0v) is 8.00. The lowest BCUT2D eigenvalue weighted by Crippen LogP contribution is -2.26. The standard InChI is InChI=1S/C10H10N4O/c15-10(14-6-5-12-8-14)13-7-9-1-3-11-4-2-9/h1-6,8H,7H2,(H,13,15). The topological polar surface area (TPSA) is 59.8 Å². The van der Waals surface area contributed by atoms with Gasteiger partial charge >= 0.3 is 6.03 Å². The van der Waals surface area contributed by atoms with Crippen LogP contribution in [0.1, 0.15) is 5.56 Å². The van der Waals surface area contributed by atoms with Crippen molar-refractivity contribution in [3.05, 3.63) is 48.8 Å². The van der Waals surface area contributed by atoms with E-state index in [-0.39, 0.29) is 6.03 Å². The zero-order chi connectivity index (χ0) is 10.5. The second-order valence-corrected chi connectivity index (χ2v) is 2.98. The highest BCUT2D eigenvalue weighted by molar-refractivity contribution is 5.76. The summed E-state index contributed by atoms with van der Waals surface area (Å²) in [5, 5.41) is 2.76. The molecule has 0 aliphatic heterocycles. The number of rotatable bonds is 2. The summed E-state index contributed by atoms with van der Waals surface area (Å²) in [6, 6.07) is 3.52. The van der Waals surface area contributed by atoms with Gasteiger partial charge in [-0.05, 0) is 17.7 Å². The van der Waals surface area contributed by atoms with Crippen molar-refractivity contribution in [2.24, 2.45) is 0 Å². The Bertz CT molecular complexity index is 424. The van der Waals surface area contributed by atoms with Gasteiger partial charge in [-0.2, -0.15) is 0 Å². The quantitative estimate of drug-likeness (QED) is 0.791. The van der Waals surface area contributed by atoms with E-state index in [1.807, 2.05) is 12.1 Å². The van der Waals surface area contributed by atoms with E-state index in [1.165, 1.54) is 10.9 Å². The zero-order valence-electron chi connectivity index (χ0n) is 8.00. The molecule has 76 valence electrons. The summed E-state index contributed by atoms with van der Waals surface area (Å²) in [5.74, 6) is 0. The van der Waals surface area contributed by atoms with Gasteiger partial charge in [-0.15, -0.1) is 0 Å². The normalized spacial score (nSPS) is 9.87. The Morgan fingerprint density at radius 3 is 2.73 bits per heavy atom. The fourth-order valence-corrected chi connectivity index (χ4v) is 1.15. The maximum absolute atomic E-state index is 11.5. The number of nitrogens with zero attached hydrogens (tertiary/aromatic N) is 3. The number of aromatic nitrogens is 3. The van der Waals surface area contributed by atoms with Crippen LogP contribution in [0.2, 0.25) is 0 Å². The lowest BCUT2D eigenvalue weighted by molar-refractivity contribution is 0.242. The van der Waals surface area contributed by atoms with E-state index in [0.29, 0.717) is 6.54 Å². The highest BCUT2D eigenvalue weighted by Gasteiger charge is 2.01. The van der Waals surface area contributed by atoms with Crippen LogP contribution >= 0.6 is 0 Å². The Hall–Kier alpha value is -2.17. The molecular weight excluding hydrogens is 192 g/mol. The van der Waals surface area contributed by atoms with Crippen LogP contribution in [0.5, 0.6) is 0 Å². The number of hydrogen-bond acceptors (Lipinski definition) is 3. The predicted octanol–water partition coefficient (Wildman–Crippen LogP) is 1.04. The Morgan fingerprint density at radius 1 is 1.27 bits per heavy atom. The summed E-state index contributed by atoms with van der Waals surface area (Å²) in [6.07, 6.45) is 8.01. The lowest BCUT2D eigenvalue weighted by Gasteiger charge is -2.04. The maximum Gasteiger partial charge on any atom is 0.327 e. The molecule has 15 heavy (non-hydrogen) atoms. The maximum atomic E-state index is 11.5. The average molecular weight is 202 g/mol. The van der Waals surface area contributed by atoms with Crippen LogP contribution in [0.4, 0.5) is 4.79 Å². The van der Waals surface area contributed by atoms with Gasteiger partial charge in [0, 0.05) is 31.3 Å². The molecule has 0 aromatic carbocycles. The molecule has 0 spiro atoms. The molecule has 2 rings (SSSR count). The van der Waals surface area contributed by atoms with E-state index in [2.05, 4.69) is 15.3 Å². The third-order valence-corrected chi connectivity index (χ3v) is 1.93. The van der Waals surface area contributed by atoms with E-state index in [9.17, 15) is 4.79 Å². The van der Waals surface area contributed by atoms with Crippen molar-refractivity contribution in [3.63, 3.8) is 0 Å². The molecule has 0 fully saturated rings. The first kappa shape index (κ1) is 9.39. The molecule has 0 atom stereocenters. The number of amides is 1. The van der Waals surface area contributed by atoms with Gasteiger partial charge in [-0.25, -0.2) is 9.78 Å². The Labute approximate surface area is 86.8 Å². The molecule has 0 unspecified atom stereocenters. The number of carbonyl (C=O) groups excluding carboxylic acids is 1. The van der Waals surface area contributed by atoms with Gasteiger partial charge in [0.1, 0.15) is 6.33 Å². The van der Waals surface area contributed by atoms with E-state index in [1.54, 1.807) is 24.8 Å². The Balaban J connectivity index is 1.92. The molecule has 5 heteroatoms. The molecule has 1 amide bonds. The predicted molar refractivity (Wildman–Crippen MR) is 54.1 cm³/mol. The van der Waals surface area contributed by atoms with Crippen LogP contribution in [-0.4, -0.2) is 20.6 Å². The number of carbonyl (C=O) groups is 1. The van der Waals surface area contributed by atoms with Gasteiger partial charge in [0.05, 0.1) is 0 Å². The van der Waals surface area contributed by atoms with E-state index >= 15 is 0 Å². The first-order valence-corrected chi connectivity index (χ1v) is 4.51. The summed E-state index contributed by atoms with van der Waals surface area (Å²) in [7, 11) is 0. The van der Waals surface area contributed by atoms with E-state index in [4.69, 9.17) is 0 Å². The van der Waals surface area contributed by atoms with E-state index < -0.39 is 0 Å². The van der Waals surface area contributed by atoms with Gasteiger partial charge in [0.2, 0.25) is 0 Å².